The summed E-state index contributed by atoms with van der Waals surface area (Å²) >= 11 is 0. The van der Waals surface area contributed by atoms with Crippen LogP contribution in [0.15, 0.2) is 0 Å². The highest BCUT2D eigenvalue weighted by Crippen LogP contribution is 2.68. The molecule has 6 heteroatoms. The number of rotatable bonds is 1. The van der Waals surface area contributed by atoms with Gasteiger partial charge in [0.25, 0.3) is 0 Å². The molecule has 114 valence electrons. The number of nitrogens with zero attached hydrogens (tertiary/aromatic N) is 4. The van der Waals surface area contributed by atoms with Gasteiger partial charge in [0.2, 0.25) is 0 Å². The minimum absolute atomic E-state index is 0.0150. The van der Waals surface area contributed by atoms with Gasteiger partial charge in [0.05, 0.1) is 45.9 Å². The second kappa shape index (κ2) is 4.40. The Kier molecular flexibility index (Phi) is 3.14. The first-order valence-electron chi connectivity index (χ1n) is 7.34. The van der Waals surface area contributed by atoms with Gasteiger partial charge in [0.15, 0.2) is 0 Å². The maximum atomic E-state index is 10.6. The van der Waals surface area contributed by atoms with Crippen molar-refractivity contribution >= 4 is 5.97 Å². The summed E-state index contributed by atoms with van der Waals surface area (Å²) in [5.41, 5.74) is -0.0301. The molecule has 1 N–H and O–H groups in total. The second-order valence-corrected chi connectivity index (χ2v) is 7.75. The monoisotopic (exact) mass is 282 g/mol. The second-order valence-electron chi connectivity index (χ2n) is 7.75. The molecular formula is C14H26N4O2. The molecule has 0 amide bonds. The highest BCUT2D eigenvalue weighted by Gasteiger charge is 2.68. The number of carbonyl (C=O) groups is 1. The lowest BCUT2D eigenvalue weighted by Gasteiger charge is -2.56. The zero-order valence-electron chi connectivity index (χ0n) is 13.0. The fourth-order valence-electron chi connectivity index (χ4n) is 4.05. The Balaban J connectivity index is 0.000000121. The summed E-state index contributed by atoms with van der Waals surface area (Å²) in [6.45, 7) is 15.1. The van der Waals surface area contributed by atoms with E-state index in [1.807, 2.05) is 27.7 Å². The van der Waals surface area contributed by atoms with Crippen LogP contribution in [0.3, 0.4) is 0 Å². The van der Waals surface area contributed by atoms with E-state index in [4.69, 9.17) is 5.11 Å². The average Bonchev–Trinajstić information content (AvgIpc) is 2.67. The lowest BCUT2D eigenvalue weighted by atomic mass is 10.0. The molecule has 4 saturated heterocycles. The van der Waals surface area contributed by atoms with Crippen molar-refractivity contribution in [3.63, 3.8) is 0 Å². The summed E-state index contributed by atoms with van der Waals surface area (Å²) in [6, 6.07) is 0. The van der Waals surface area contributed by atoms with Crippen molar-refractivity contribution < 1.29 is 9.90 Å². The van der Waals surface area contributed by atoms with Gasteiger partial charge in [-0.1, -0.05) is 27.7 Å². The van der Waals surface area contributed by atoms with Crippen molar-refractivity contribution in [1.29, 1.82) is 0 Å². The van der Waals surface area contributed by atoms with Crippen molar-refractivity contribution in [2.75, 3.05) is 40.0 Å². The predicted molar refractivity (Wildman–Crippen MR) is 75.2 cm³/mol. The lowest BCUT2D eigenvalue weighted by molar-refractivity contribution is -0.194. The van der Waals surface area contributed by atoms with Gasteiger partial charge in [-0.3, -0.25) is 24.4 Å². The standard InChI is InChI=1S/C8H14O2.C6H12N4/c1-7(2)5(6(9)10)8(7,3)4;1-7-2-9-4-8(1)5-10(3-7)6-9/h5H,1-4H3,(H,9,10);1-6H2. The zero-order chi connectivity index (χ0) is 14.7. The number of hydrogen-bond donors (Lipinski definition) is 1. The van der Waals surface area contributed by atoms with Crippen LogP contribution in [-0.2, 0) is 4.79 Å². The average molecular weight is 282 g/mol. The van der Waals surface area contributed by atoms with Crippen LogP contribution in [0.1, 0.15) is 27.7 Å². The van der Waals surface area contributed by atoms with E-state index in [2.05, 4.69) is 19.6 Å². The molecule has 0 atom stereocenters. The molecule has 4 aliphatic heterocycles. The Morgan fingerprint density at radius 1 is 0.800 bits per heavy atom. The zero-order valence-corrected chi connectivity index (χ0v) is 13.0. The Morgan fingerprint density at radius 2 is 1.05 bits per heavy atom. The minimum Gasteiger partial charge on any atom is -0.481 e. The van der Waals surface area contributed by atoms with Gasteiger partial charge in [-0.15, -0.1) is 0 Å². The molecule has 4 heterocycles. The van der Waals surface area contributed by atoms with E-state index in [1.54, 1.807) is 0 Å². The molecule has 6 nitrogen and oxygen atoms in total. The summed E-state index contributed by atoms with van der Waals surface area (Å²) in [7, 11) is 0. The van der Waals surface area contributed by atoms with Gasteiger partial charge in [0, 0.05) is 0 Å². The van der Waals surface area contributed by atoms with Crippen LogP contribution in [0.5, 0.6) is 0 Å². The first-order valence-corrected chi connectivity index (χ1v) is 7.34. The lowest BCUT2D eigenvalue weighted by Crippen LogP contribution is -2.71. The molecule has 5 fully saturated rings. The van der Waals surface area contributed by atoms with Gasteiger partial charge in [-0.25, -0.2) is 0 Å². The van der Waals surface area contributed by atoms with Gasteiger partial charge < -0.3 is 5.11 Å². The van der Waals surface area contributed by atoms with Gasteiger partial charge in [-0.2, -0.15) is 0 Å². The maximum Gasteiger partial charge on any atom is 0.307 e. The molecule has 0 aromatic rings. The first-order chi connectivity index (χ1) is 9.21. The van der Waals surface area contributed by atoms with Crippen molar-refractivity contribution in [1.82, 2.24) is 19.6 Å². The summed E-state index contributed by atoms with van der Waals surface area (Å²) in [4.78, 5) is 20.5. The van der Waals surface area contributed by atoms with E-state index >= 15 is 0 Å². The third-order valence-corrected chi connectivity index (χ3v) is 5.67. The molecule has 0 unspecified atom stereocenters. The SMILES string of the molecule is C1N2CN3CN1CN(C2)C3.CC1(C)C(C(=O)O)C1(C)C. The fraction of sp³-hybridized carbons (Fsp3) is 0.929. The summed E-state index contributed by atoms with van der Waals surface area (Å²) in [6.07, 6.45) is 0. The number of aliphatic carboxylic acids is 1. The van der Waals surface area contributed by atoms with Crippen LogP contribution in [-0.4, -0.2) is 70.7 Å². The van der Waals surface area contributed by atoms with Crippen LogP contribution in [0.4, 0.5) is 0 Å². The van der Waals surface area contributed by atoms with Crippen molar-refractivity contribution in [3.8, 4) is 0 Å². The molecule has 0 spiro atoms. The molecule has 5 aliphatic rings. The maximum absolute atomic E-state index is 10.6. The van der Waals surface area contributed by atoms with Crippen LogP contribution in [0.25, 0.3) is 0 Å². The molecule has 4 bridgehead atoms. The molecule has 1 saturated carbocycles. The topological polar surface area (TPSA) is 50.3 Å². The van der Waals surface area contributed by atoms with Crippen molar-refractivity contribution in [2.45, 2.75) is 27.7 Å². The van der Waals surface area contributed by atoms with E-state index in [-0.39, 0.29) is 16.7 Å². The highest BCUT2D eigenvalue weighted by molar-refractivity contribution is 5.76. The van der Waals surface area contributed by atoms with E-state index < -0.39 is 5.97 Å². The largest absolute Gasteiger partial charge is 0.481 e. The molecule has 1 aliphatic carbocycles. The molecule has 5 rings (SSSR count). The van der Waals surface area contributed by atoms with Crippen LogP contribution >= 0.6 is 0 Å². The Labute approximate surface area is 120 Å². The van der Waals surface area contributed by atoms with Crippen LogP contribution in [0.2, 0.25) is 0 Å². The van der Waals surface area contributed by atoms with Gasteiger partial charge in [0.1, 0.15) is 0 Å². The predicted octanol–water partition coefficient (Wildman–Crippen LogP) is 0.733. The fourth-order valence-corrected chi connectivity index (χ4v) is 4.05. The number of carboxylic acids is 1. The third-order valence-electron chi connectivity index (χ3n) is 5.67. The van der Waals surface area contributed by atoms with E-state index in [0.717, 1.165) is 0 Å². The normalized spacial score (nSPS) is 42.8. The van der Waals surface area contributed by atoms with Gasteiger partial charge in [-0.05, 0) is 10.8 Å². The Hall–Kier alpha value is -0.690. The number of carboxylic acid groups (broad SMARTS) is 1. The summed E-state index contributed by atoms with van der Waals surface area (Å²) in [5, 5.41) is 8.72. The minimum atomic E-state index is -0.657. The number of hydrogen-bond acceptors (Lipinski definition) is 5. The smallest absolute Gasteiger partial charge is 0.307 e. The molecule has 0 radical (unpaired) electrons. The van der Waals surface area contributed by atoms with Crippen molar-refractivity contribution in [2.24, 2.45) is 16.7 Å². The third kappa shape index (κ3) is 2.15. The first kappa shape index (κ1) is 14.3. The molecule has 0 aromatic carbocycles. The van der Waals surface area contributed by atoms with Gasteiger partial charge >= 0.3 is 5.97 Å². The van der Waals surface area contributed by atoms with Crippen LogP contribution < -0.4 is 0 Å². The summed E-state index contributed by atoms with van der Waals surface area (Å²) < 4.78 is 0. The molecule has 20 heavy (non-hydrogen) atoms. The highest BCUT2D eigenvalue weighted by atomic mass is 16.4. The van der Waals surface area contributed by atoms with E-state index in [0.29, 0.717) is 0 Å². The van der Waals surface area contributed by atoms with E-state index in [9.17, 15) is 4.79 Å². The Bertz CT molecular complexity index is 351. The van der Waals surface area contributed by atoms with E-state index in [1.165, 1.54) is 40.0 Å². The Morgan fingerprint density at radius 3 is 1.15 bits per heavy atom. The quantitative estimate of drug-likeness (QED) is 0.765. The molecule has 0 aromatic heterocycles. The van der Waals surface area contributed by atoms with Crippen molar-refractivity contribution in [3.05, 3.63) is 0 Å². The molecular weight excluding hydrogens is 256 g/mol. The van der Waals surface area contributed by atoms with Crippen LogP contribution in [0, 0.1) is 16.7 Å². The summed E-state index contributed by atoms with van der Waals surface area (Å²) in [5.74, 6) is -0.810.